The third-order valence-corrected chi connectivity index (χ3v) is 6.51. The average Bonchev–Trinajstić information content (AvgIpc) is 3.40. The molecular weight excluding hydrogens is 390 g/mol. The fraction of sp³-hybridized carbons (Fsp3) is 0.286. The Morgan fingerprint density at radius 1 is 1.18 bits per heavy atom. The number of aryl methyl sites for hydroxylation is 1. The summed E-state index contributed by atoms with van der Waals surface area (Å²) in [6.07, 6.45) is 1.65. The Balaban J connectivity index is 1.38. The van der Waals surface area contributed by atoms with Gasteiger partial charge in [0.05, 0.1) is 21.5 Å². The fourth-order valence-electron chi connectivity index (χ4n) is 3.40. The summed E-state index contributed by atoms with van der Waals surface area (Å²) in [6.45, 7) is 3.17. The quantitative estimate of drug-likeness (QED) is 0.679. The van der Waals surface area contributed by atoms with Gasteiger partial charge in [0.15, 0.2) is 0 Å². The van der Waals surface area contributed by atoms with Gasteiger partial charge in [-0.25, -0.2) is 4.98 Å². The van der Waals surface area contributed by atoms with Crippen molar-refractivity contribution in [2.75, 3.05) is 18.4 Å². The number of benzene rings is 1. The third kappa shape index (κ3) is 4.15. The molecule has 1 saturated heterocycles. The zero-order chi connectivity index (χ0) is 19.5. The third-order valence-electron chi connectivity index (χ3n) is 4.88. The van der Waals surface area contributed by atoms with E-state index in [9.17, 15) is 9.59 Å². The number of thiazole rings is 1. The molecule has 0 spiro atoms. The molecule has 1 fully saturated rings. The van der Waals surface area contributed by atoms with Crippen molar-refractivity contribution in [2.24, 2.45) is 5.92 Å². The number of thiophene rings is 1. The molecule has 5 nitrogen and oxygen atoms in total. The molecule has 2 aromatic heterocycles. The van der Waals surface area contributed by atoms with E-state index in [0.717, 1.165) is 39.7 Å². The summed E-state index contributed by atoms with van der Waals surface area (Å²) >= 11 is 3.06. The zero-order valence-corrected chi connectivity index (χ0v) is 17.2. The molecule has 1 aliphatic heterocycles. The van der Waals surface area contributed by atoms with Crippen LogP contribution in [0.1, 0.15) is 27.5 Å². The number of aromatic nitrogens is 1. The molecule has 3 heterocycles. The SMILES string of the molecule is Cc1nc(-c2ccc(NC(=O)[C@H]3CCCN(C(=O)c4cccs4)C3)cc2)cs1. The van der Waals surface area contributed by atoms with E-state index in [1.54, 1.807) is 16.2 Å². The van der Waals surface area contributed by atoms with Crippen LogP contribution in [0.25, 0.3) is 11.3 Å². The number of hydrogen-bond donors (Lipinski definition) is 1. The number of piperidine rings is 1. The first kappa shape index (κ1) is 18.8. The van der Waals surface area contributed by atoms with Crippen molar-refractivity contribution < 1.29 is 9.59 Å². The highest BCUT2D eigenvalue weighted by Gasteiger charge is 2.29. The van der Waals surface area contributed by atoms with E-state index < -0.39 is 0 Å². The largest absolute Gasteiger partial charge is 0.337 e. The van der Waals surface area contributed by atoms with Crippen LogP contribution in [0.3, 0.4) is 0 Å². The molecule has 0 radical (unpaired) electrons. The average molecular weight is 412 g/mol. The molecule has 3 aromatic rings. The first-order valence-corrected chi connectivity index (χ1v) is 11.0. The maximum atomic E-state index is 12.7. The van der Waals surface area contributed by atoms with Crippen molar-refractivity contribution in [3.05, 3.63) is 57.0 Å². The van der Waals surface area contributed by atoms with Gasteiger partial charge in [-0.15, -0.1) is 22.7 Å². The first-order valence-electron chi connectivity index (χ1n) is 9.26. The predicted octanol–water partition coefficient (Wildman–Crippen LogP) is 4.67. The van der Waals surface area contributed by atoms with Crippen LogP contribution in [0.2, 0.25) is 0 Å². The standard InChI is InChI=1S/C21H21N3O2S2/c1-14-22-18(13-28-14)15-6-8-17(9-7-15)23-20(25)16-4-2-10-24(12-16)21(26)19-5-3-11-27-19/h3,5-9,11,13,16H,2,4,10,12H2,1H3,(H,23,25)/t16-/m0/s1. The molecule has 144 valence electrons. The molecule has 28 heavy (non-hydrogen) atoms. The Kier molecular flexibility index (Phi) is 5.54. The van der Waals surface area contributed by atoms with Gasteiger partial charge in [0.1, 0.15) is 0 Å². The normalized spacial score (nSPS) is 16.8. The number of carbonyl (C=O) groups excluding carboxylic acids is 2. The van der Waals surface area contributed by atoms with Crippen LogP contribution >= 0.6 is 22.7 Å². The number of hydrogen-bond acceptors (Lipinski definition) is 5. The Labute approximate surface area is 172 Å². The molecule has 0 unspecified atom stereocenters. The predicted molar refractivity (Wildman–Crippen MR) is 114 cm³/mol. The second-order valence-corrected chi connectivity index (χ2v) is 8.90. The van der Waals surface area contributed by atoms with Crippen LogP contribution < -0.4 is 5.32 Å². The fourth-order valence-corrected chi connectivity index (χ4v) is 4.71. The first-order chi connectivity index (χ1) is 13.6. The topological polar surface area (TPSA) is 62.3 Å². The molecule has 1 aliphatic rings. The van der Waals surface area contributed by atoms with Gasteiger partial charge in [-0.2, -0.15) is 0 Å². The van der Waals surface area contributed by atoms with Gasteiger partial charge in [-0.1, -0.05) is 18.2 Å². The van der Waals surface area contributed by atoms with Gasteiger partial charge in [-0.05, 0) is 43.3 Å². The summed E-state index contributed by atoms with van der Waals surface area (Å²) in [6, 6.07) is 11.5. The molecule has 7 heteroatoms. The van der Waals surface area contributed by atoms with Gasteiger partial charge in [0, 0.05) is 29.7 Å². The van der Waals surface area contributed by atoms with Gasteiger partial charge >= 0.3 is 0 Å². The Morgan fingerprint density at radius 3 is 2.68 bits per heavy atom. The summed E-state index contributed by atoms with van der Waals surface area (Å²) in [4.78, 5) is 32.3. The highest BCUT2D eigenvalue weighted by atomic mass is 32.1. The minimum Gasteiger partial charge on any atom is -0.337 e. The van der Waals surface area contributed by atoms with Crippen LogP contribution in [-0.4, -0.2) is 34.8 Å². The summed E-state index contributed by atoms with van der Waals surface area (Å²) in [5, 5.41) is 7.96. The molecule has 1 atom stereocenters. The number of anilines is 1. The molecule has 0 aliphatic carbocycles. The van der Waals surface area contributed by atoms with E-state index >= 15 is 0 Å². The van der Waals surface area contributed by atoms with E-state index in [0.29, 0.717) is 13.1 Å². The van der Waals surface area contributed by atoms with Crippen molar-refractivity contribution in [1.82, 2.24) is 9.88 Å². The van der Waals surface area contributed by atoms with Crippen molar-refractivity contribution in [3.8, 4) is 11.3 Å². The lowest BCUT2D eigenvalue weighted by molar-refractivity contribution is -0.121. The van der Waals surface area contributed by atoms with Crippen LogP contribution in [0.15, 0.2) is 47.2 Å². The summed E-state index contributed by atoms with van der Waals surface area (Å²) in [5.74, 6) is -0.185. The number of nitrogens with zero attached hydrogens (tertiary/aromatic N) is 2. The summed E-state index contributed by atoms with van der Waals surface area (Å²) in [7, 11) is 0. The molecule has 0 bridgehead atoms. The summed E-state index contributed by atoms with van der Waals surface area (Å²) in [5.41, 5.74) is 2.76. The second-order valence-electron chi connectivity index (χ2n) is 6.89. The van der Waals surface area contributed by atoms with Crippen LogP contribution in [0.5, 0.6) is 0 Å². The van der Waals surface area contributed by atoms with Crippen LogP contribution in [-0.2, 0) is 4.79 Å². The highest BCUT2D eigenvalue weighted by Crippen LogP contribution is 2.25. The monoisotopic (exact) mass is 411 g/mol. The molecule has 0 saturated carbocycles. The van der Waals surface area contributed by atoms with Crippen molar-refractivity contribution in [2.45, 2.75) is 19.8 Å². The highest BCUT2D eigenvalue weighted by molar-refractivity contribution is 7.12. The van der Waals surface area contributed by atoms with E-state index in [4.69, 9.17) is 0 Å². The number of nitrogens with one attached hydrogen (secondary N) is 1. The molecular formula is C21H21N3O2S2. The number of amides is 2. The smallest absolute Gasteiger partial charge is 0.263 e. The maximum absolute atomic E-state index is 12.7. The van der Waals surface area contributed by atoms with Crippen LogP contribution in [0, 0.1) is 12.8 Å². The van der Waals surface area contributed by atoms with Gasteiger partial charge in [-0.3, -0.25) is 9.59 Å². The van der Waals surface area contributed by atoms with Crippen LogP contribution in [0.4, 0.5) is 5.69 Å². The Morgan fingerprint density at radius 2 is 2.00 bits per heavy atom. The van der Waals surface area contributed by atoms with Gasteiger partial charge in [0.25, 0.3) is 5.91 Å². The van der Waals surface area contributed by atoms with Gasteiger partial charge in [0.2, 0.25) is 5.91 Å². The minimum atomic E-state index is -0.182. The lowest BCUT2D eigenvalue weighted by Crippen LogP contribution is -2.43. The number of carbonyl (C=O) groups is 2. The molecule has 2 amide bonds. The maximum Gasteiger partial charge on any atom is 0.263 e. The van der Waals surface area contributed by atoms with E-state index in [1.807, 2.05) is 54.1 Å². The van der Waals surface area contributed by atoms with Crippen molar-refractivity contribution >= 4 is 40.2 Å². The Bertz CT molecular complexity index is 964. The second kappa shape index (κ2) is 8.24. The molecule has 1 aromatic carbocycles. The molecule has 1 N–H and O–H groups in total. The van der Waals surface area contributed by atoms with E-state index in [-0.39, 0.29) is 17.7 Å². The number of likely N-dealkylation sites (tertiary alicyclic amines) is 1. The van der Waals surface area contributed by atoms with Gasteiger partial charge < -0.3 is 10.2 Å². The van der Waals surface area contributed by atoms with Crippen molar-refractivity contribution in [1.29, 1.82) is 0 Å². The molecule has 4 rings (SSSR count). The summed E-state index contributed by atoms with van der Waals surface area (Å²) < 4.78 is 0. The lowest BCUT2D eigenvalue weighted by Gasteiger charge is -2.31. The Hall–Kier alpha value is -2.51. The minimum absolute atomic E-state index is 0.0235. The van der Waals surface area contributed by atoms with E-state index in [2.05, 4.69) is 10.3 Å². The lowest BCUT2D eigenvalue weighted by atomic mass is 9.96. The van der Waals surface area contributed by atoms with Crippen molar-refractivity contribution in [3.63, 3.8) is 0 Å². The number of rotatable bonds is 4. The zero-order valence-electron chi connectivity index (χ0n) is 15.6. The van der Waals surface area contributed by atoms with E-state index in [1.165, 1.54) is 11.3 Å².